The van der Waals surface area contributed by atoms with Gasteiger partial charge in [-0.3, -0.25) is 14.9 Å². The number of carbonyl (C=O) groups is 1. The van der Waals surface area contributed by atoms with Crippen LogP contribution in [0, 0.1) is 21.7 Å². The maximum Gasteiger partial charge on any atom is 0.273 e. The summed E-state index contributed by atoms with van der Waals surface area (Å²) in [6, 6.07) is 1.14. The lowest BCUT2D eigenvalue weighted by molar-refractivity contribution is -0.385. The fourth-order valence-electron chi connectivity index (χ4n) is 0.955. The van der Waals surface area contributed by atoms with E-state index in [-0.39, 0.29) is 5.33 Å². The molecule has 0 aliphatic carbocycles. The zero-order valence-corrected chi connectivity index (χ0v) is 8.75. The zero-order chi connectivity index (χ0) is 11.6. The van der Waals surface area contributed by atoms with Gasteiger partial charge in [-0.1, -0.05) is 15.9 Å². The molecule has 0 saturated carbocycles. The van der Waals surface area contributed by atoms with Gasteiger partial charge in [0.15, 0.2) is 17.4 Å². The number of hydrogen-bond acceptors (Lipinski definition) is 3. The maximum absolute atomic E-state index is 13.0. The molecule has 1 rings (SSSR count). The van der Waals surface area contributed by atoms with Crippen LogP contribution in [0.1, 0.15) is 10.4 Å². The number of halogens is 3. The number of nitrogens with zero attached hydrogens (tertiary/aromatic N) is 1. The van der Waals surface area contributed by atoms with E-state index in [1.165, 1.54) is 0 Å². The van der Waals surface area contributed by atoms with Crippen molar-refractivity contribution in [2.24, 2.45) is 0 Å². The van der Waals surface area contributed by atoms with E-state index in [1.54, 1.807) is 0 Å². The number of alkyl halides is 1. The number of hydrogen-bond donors (Lipinski definition) is 0. The smallest absolute Gasteiger partial charge is 0.273 e. The first-order valence-corrected chi connectivity index (χ1v) is 4.82. The number of ketones is 1. The largest absolute Gasteiger partial charge is 0.293 e. The molecular formula is C8H4BrF2NO3. The van der Waals surface area contributed by atoms with Gasteiger partial charge in [0.2, 0.25) is 0 Å². The molecule has 7 heteroatoms. The normalized spacial score (nSPS) is 10.1. The average Bonchev–Trinajstić information content (AvgIpc) is 2.20. The van der Waals surface area contributed by atoms with Crippen molar-refractivity contribution >= 4 is 27.4 Å². The van der Waals surface area contributed by atoms with Gasteiger partial charge in [0.05, 0.1) is 21.9 Å². The molecule has 15 heavy (non-hydrogen) atoms. The summed E-state index contributed by atoms with van der Waals surface area (Å²) in [5, 5.41) is 10.1. The van der Waals surface area contributed by atoms with Crippen molar-refractivity contribution in [3.8, 4) is 0 Å². The Balaban J connectivity index is 3.37. The van der Waals surface area contributed by atoms with Gasteiger partial charge in [-0.25, -0.2) is 8.78 Å². The van der Waals surface area contributed by atoms with E-state index in [2.05, 4.69) is 15.9 Å². The molecule has 1 aromatic rings. The highest BCUT2D eigenvalue weighted by molar-refractivity contribution is 9.09. The molecule has 1 aromatic carbocycles. The van der Waals surface area contributed by atoms with E-state index in [9.17, 15) is 23.7 Å². The lowest BCUT2D eigenvalue weighted by atomic mass is 10.1. The van der Waals surface area contributed by atoms with Gasteiger partial charge < -0.3 is 0 Å². The Bertz CT molecular complexity index is 436. The van der Waals surface area contributed by atoms with Crippen molar-refractivity contribution in [3.05, 3.63) is 39.4 Å². The van der Waals surface area contributed by atoms with Crippen LogP contribution < -0.4 is 0 Å². The number of nitro groups is 1. The third-order valence-corrected chi connectivity index (χ3v) is 2.15. The van der Waals surface area contributed by atoms with E-state index in [0.29, 0.717) is 12.1 Å². The van der Waals surface area contributed by atoms with Gasteiger partial charge in [-0.05, 0) is 0 Å². The summed E-state index contributed by atoms with van der Waals surface area (Å²) in [4.78, 5) is 20.5. The summed E-state index contributed by atoms with van der Waals surface area (Å²) in [5.41, 5.74) is -1.28. The van der Waals surface area contributed by atoms with Crippen molar-refractivity contribution in [3.63, 3.8) is 0 Å². The third-order valence-electron chi connectivity index (χ3n) is 1.65. The van der Waals surface area contributed by atoms with Gasteiger partial charge >= 0.3 is 0 Å². The van der Waals surface area contributed by atoms with Crippen LogP contribution in [-0.4, -0.2) is 16.0 Å². The molecule has 4 nitrogen and oxygen atoms in total. The molecule has 0 radical (unpaired) electrons. The Labute approximate surface area is 91.2 Å². The monoisotopic (exact) mass is 279 g/mol. The quantitative estimate of drug-likeness (QED) is 0.370. The van der Waals surface area contributed by atoms with Crippen molar-refractivity contribution < 1.29 is 18.5 Å². The molecule has 0 unspecified atom stereocenters. The SMILES string of the molecule is O=C(CBr)c1cc([N+](=O)[O-])cc(F)c1F. The Kier molecular flexibility index (Phi) is 3.46. The number of Topliss-reactive ketones (excluding diaryl/α,β-unsaturated/α-hetero) is 1. The van der Waals surface area contributed by atoms with E-state index in [4.69, 9.17) is 0 Å². The summed E-state index contributed by atoms with van der Waals surface area (Å²) in [6.07, 6.45) is 0. The molecule has 0 atom stereocenters. The summed E-state index contributed by atoms with van der Waals surface area (Å²) in [5.74, 6) is -3.53. The van der Waals surface area contributed by atoms with Crippen LogP contribution in [0.3, 0.4) is 0 Å². The van der Waals surface area contributed by atoms with Crippen LogP contribution in [-0.2, 0) is 0 Å². The second-order valence-corrected chi connectivity index (χ2v) is 3.16. The van der Waals surface area contributed by atoms with Crippen molar-refractivity contribution in [1.29, 1.82) is 0 Å². The number of non-ortho nitro benzene ring substituents is 1. The molecule has 0 aromatic heterocycles. The van der Waals surface area contributed by atoms with E-state index in [0.717, 1.165) is 0 Å². The lowest BCUT2D eigenvalue weighted by Gasteiger charge is -2.00. The standard InChI is InChI=1S/C8H4BrF2NO3/c9-3-7(13)5-1-4(12(14)15)2-6(10)8(5)11/h1-2H,3H2. The molecular weight excluding hydrogens is 276 g/mol. The molecule has 0 N–H and O–H groups in total. The van der Waals surface area contributed by atoms with E-state index in [1.807, 2.05) is 0 Å². The summed E-state index contributed by atoms with van der Waals surface area (Å²) < 4.78 is 25.9. The fraction of sp³-hybridized carbons (Fsp3) is 0.125. The predicted octanol–water partition coefficient (Wildman–Crippen LogP) is 2.45. The van der Waals surface area contributed by atoms with Crippen molar-refractivity contribution in [2.45, 2.75) is 0 Å². The molecule has 0 aliphatic heterocycles. The molecule has 0 bridgehead atoms. The second kappa shape index (κ2) is 4.43. The highest BCUT2D eigenvalue weighted by Gasteiger charge is 2.20. The maximum atomic E-state index is 13.0. The van der Waals surface area contributed by atoms with Crippen LogP contribution in [0.5, 0.6) is 0 Å². The number of carbonyl (C=O) groups excluding carboxylic acids is 1. The summed E-state index contributed by atoms with van der Waals surface area (Å²) in [7, 11) is 0. The van der Waals surface area contributed by atoms with Gasteiger partial charge in [-0.2, -0.15) is 0 Å². The highest BCUT2D eigenvalue weighted by Crippen LogP contribution is 2.21. The van der Waals surface area contributed by atoms with Crippen LogP contribution in [0.2, 0.25) is 0 Å². The van der Waals surface area contributed by atoms with Crippen LogP contribution in [0.15, 0.2) is 12.1 Å². The van der Waals surface area contributed by atoms with Gasteiger partial charge in [0.1, 0.15) is 0 Å². The minimum atomic E-state index is -1.41. The number of benzene rings is 1. The Hall–Kier alpha value is -1.37. The first-order chi connectivity index (χ1) is 6.97. The molecule has 0 fully saturated rings. The number of rotatable bonds is 3. The first kappa shape index (κ1) is 11.7. The third kappa shape index (κ3) is 2.35. The second-order valence-electron chi connectivity index (χ2n) is 2.60. The zero-order valence-electron chi connectivity index (χ0n) is 7.17. The van der Waals surface area contributed by atoms with Crippen LogP contribution in [0.4, 0.5) is 14.5 Å². The molecule has 80 valence electrons. The minimum Gasteiger partial charge on any atom is -0.293 e. The fourth-order valence-corrected chi connectivity index (χ4v) is 1.26. The Morgan fingerprint density at radius 2 is 2.07 bits per heavy atom. The molecule has 0 saturated heterocycles. The van der Waals surface area contributed by atoms with E-state index < -0.39 is 33.6 Å². The molecule has 0 aliphatic rings. The highest BCUT2D eigenvalue weighted by atomic mass is 79.9. The van der Waals surface area contributed by atoms with Crippen LogP contribution >= 0.6 is 15.9 Å². The van der Waals surface area contributed by atoms with Crippen LogP contribution in [0.25, 0.3) is 0 Å². The summed E-state index contributed by atoms with van der Waals surface area (Å²) >= 11 is 2.76. The molecule has 0 heterocycles. The predicted molar refractivity (Wildman–Crippen MR) is 51.1 cm³/mol. The minimum absolute atomic E-state index is 0.232. The Morgan fingerprint density at radius 1 is 1.47 bits per heavy atom. The average molecular weight is 280 g/mol. The van der Waals surface area contributed by atoms with Crippen molar-refractivity contribution in [1.82, 2.24) is 0 Å². The van der Waals surface area contributed by atoms with Gasteiger partial charge in [0, 0.05) is 6.07 Å². The van der Waals surface area contributed by atoms with Gasteiger partial charge in [-0.15, -0.1) is 0 Å². The first-order valence-electron chi connectivity index (χ1n) is 3.70. The molecule has 0 spiro atoms. The summed E-state index contributed by atoms with van der Waals surface area (Å²) in [6.45, 7) is 0. The van der Waals surface area contributed by atoms with Gasteiger partial charge in [0.25, 0.3) is 5.69 Å². The topological polar surface area (TPSA) is 60.2 Å². The van der Waals surface area contributed by atoms with Crippen molar-refractivity contribution in [2.75, 3.05) is 5.33 Å². The Morgan fingerprint density at radius 3 is 2.53 bits per heavy atom. The lowest BCUT2D eigenvalue weighted by Crippen LogP contribution is -2.06. The molecule has 0 amide bonds. The number of nitro benzene ring substituents is 1. The van der Waals surface area contributed by atoms with E-state index >= 15 is 0 Å².